The van der Waals surface area contributed by atoms with Crippen LogP contribution in [0.5, 0.6) is 0 Å². The highest BCUT2D eigenvalue weighted by atomic mass is 32.2. The Kier molecular flexibility index (Phi) is 4.19. The van der Waals surface area contributed by atoms with Crippen molar-refractivity contribution in [2.75, 3.05) is 4.72 Å². The monoisotopic (exact) mass is 328 g/mol. The molecule has 0 saturated carbocycles. The second kappa shape index (κ2) is 5.74. The molecule has 0 heterocycles. The number of hydrogen-bond donors (Lipinski definition) is 2. The van der Waals surface area contributed by atoms with Crippen LogP contribution in [0.25, 0.3) is 0 Å². The number of nitrogens with one attached hydrogen (secondary N) is 1. The molecule has 0 aromatic heterocycles. The minimum Gasteiger partial charge on any atom is -0.389 e. The van der Waals surface area contributed by atoms with Gasteiger partial charge in [-0.25, -0.2) is 17.2 Å². The normalized spacial score (nSPS) is 11.1. The molecule has 0 aliphatic carbocycles. The average molecular weight is 328 g/mol. The molecule has 0 radical (unpaired) electrons. The van der Waals surface area contributed by atoms with Gasteiger partial charge in [0.05, 0.1) is 0 Å². The zero-order chi connectivity index (χ0) is 15.6. The van der Waals surface area contributed by atoms with E-state index < -0.39 is 26.6 Å². The van der Waals surface area contributed by atoms with Gasteiger partial charge in [-0.2, -0.15) is 0 Å². The fraction of sp³-hybridized carbons (Fsp3) is 0. The molecule has 0 atom stereocenters. The minimum absolute atomic E-state index is 0.167. The van der Waals surface area contributed by atoms with E-state index >= 15 is 0 Å². The summed E-state index contributed by atoms with van der Waals surface area (Å²) in [6.45, 7) is 0. The van der Waals surface area contributed by atoms with Crippen molar-refractivity contribution in [3.8, 4) is 0 Å². The van der Waals surface area contributed by atoms with E-state index in [1.807, 2.05) is 0 Å². The lowest BCUT2D eigenvalue weighted by atomic mass is 10.2. The highest BCUT2D eigenvalue weighted by molar-refractivity contribution is 7.92. The van der Waals surface area contributed by atoms with E-state index in [0.717, 1.165) is 12.1 Å². The maximum absolute atomic E-state index is 13.5. The van der Waals surface area contributed by atoms with Gasteiger partial charge < -0.3 is 5.73 Å². The molecule has 0 bridgehead atoms. The van der Waals surface area contributed by atoms with E-state index in [1.165, 1.54) is 24.3 Å². The molecule has 110 valence electrons. The summed E-state index contributed by atoms with van der Waals surface area (Å²) in [6, 6.07) is 8.07. The molecule has 2 aromatic rings. The summed E-state index contributed by atoms with van der Waals surface area (Å²) >= 11 is 4.77. The van der Waals surface area contributed by atoms with Crippen molar-refractivity contribution in [2.24, 2.45) is 5.73 Å². The second-order valence-corrected chi connectivity index (χ2v) is 6.21. The van der Waals surface area contributed by atoms with Gasteiger partial charge in [-0.05, 0) is 42.5 Å². The second-order valence-electron chi connectivity index (χ2n) is 4.12. The first-order chi connectivity index (χ1) is 9.79. The van der Waals surface area contributed by atoms with E-state index in [2.05, 4.69) is 4.72 Å². The van der Waals surface area contributed by atoms with Crippen molar-refractivity contribution in [3.05, 3.63) is 59.7 Å². The Balaban J connectivity index is 2.33. The summed E-state index contributed by atoms with van der Waals surface area (Å²) in [5.41, 5.74) is 6.16. The van der Waals surface area contributed by atoms with Gasteiger partial charge in [0.1, 0.15) is 21.5 Å². The maximum atomic E-state index is 13.5. The third kappa shape index (κ3) is 3.53. The smallest absolute Gasteiger partial charge is 0.264 e. The molecule has 3 N–H and O–H groups in total. The summed E-state index contributed by atoms with van der Waals surface area (Å²) in [5.74, 6) is -1.88. The lowest BCUT2D eigenvalue weighted by Crippen LogP contribution is -2.15. The topological polar surface area (TPSA) is 72.2 Å². The van der Waals surface area contributed by atoms with Gasteiger partial charge in [-0.1, -0.05) is 12.2 Å². The molecule has 4 nitrogen and oxygen atoms in total. The van der Waals surface area contributed by atoms with Crippen molar-refractivity contribution < 1.29 is 17.2 Å². The Morgan fingerprint density at radius 2 is 1.71 bits per heavy atom. The molecule has 0 spiro atoms. The SMILES string of the molecule is NC(=S)c1ccc(NS(=O)(=O)c2cc(F)ccc2F)cc1. The Bertz CT molecular complexity index is 790. The highest BCUT2D eigenvalue weighted by Gasteiger charge is 2.20. The van der Waals surface area contributed by atoms with Gasteiger partial charge in [0.2, 0.25) is 0 Å². The van der Waals surface area contributed by atoms with Crippen LogP contribution >= 0.6 is 12.2 Å². The Hall–Kier alpha value is -2.06. The van der Waals surface area contributed by atoms with Crippen LogP contribution in [-0.2, 0) is 10.0 Å². The lowest BCUT2D eigenvalue weighted by molar-refractivity contribution is 0.555. The fourth-order valence-corrected chi connectivity index (χ4v) is 2.88. The van der Waals surface area contributed by atoms with E-state index in [1.54, 1.807) is 0 Å². The van der Waals surface area contributed by atoms with Crippen LogP contribution in [0.1, 0.15) is 5.56 Å². The number of halogens is 2. The molecule has 0 saturated heterocycles. The molecule has 0 unspecified atom stereocenters. The van der Waals surface area contributed by atoms with Crippen molar-refractivity contribution in [1.29, 1.82) is 0 Å². The number of benzene rings is 2. The lowest BCUT2D eigenvalue weighted by Gasteiger charge is -2.09. The first-order valence-corrected chi connectivity index (χ1v) is 7.56. The first kappa shape index (κ1) is 15.3. The largest absolute Gasteiger partial charge is 0.389 e. The van der Waals surface area contributed by atoms with Crippen LogP contribution in [0.2, 0.25) is 0 Å². The third-order valence-corrected chi connectivity index (χ3v) is 4.24. The quantitative estimate of drug-likeness (QED) is 0.846. The fourth-order valence-electron chi connectivity index (χ4n) is 1.60. The number of thiocarbonyl (C=S) groups is 1. The van der Waals surface area contributed by atoms with Crippen molar-refractivity contribution in [1.82, 2.24) is 0 Å². The van der Waals surface area contributed by atoms with Gasteiger partial charge in [0, 0.05) is 11.3 Å². The molecule has 21 heavy (non-hydrogen) atoms. The molecule has 0 amide bonds. The van der Waals surface area contributed by atoms with E-state index in [9.17, 15) is 17.2 Å². The van der Waals surface area contributed by atoms with Crippen LogP contribution in [0.15, 0.2) is 47.4 Å². The molecule has 0 aliphatic heterocycles. The van der Waals surface area contributed by atoms with Gasteiger partial charge in [-0.3, -0.25) is 4.72 Å². The summed E-state index contributed by atoms with van der Waals surface area (Å²) in [5, 5.41) is 0. The molecular formula is C13H10F2N2O2S2. The summed E-state index contributed by atoms with van der Waals surface area (Å²) in [6.07, 6.45) is 0. The van der Waals surface area contributed by atoms with Crippen molar-refractivity contribution in [3.63, 3.8) is 0 Å². The number of nitrogens with two attached hydrogens (primary N) is 1. The van der Waals surface area contributed by atoms with Crippen LogP contribution in [0.3, 0.4) is 0 Å². The van der Waals surface area contributed by atoms with E-state index in [-0.39, 0.29) is 10.7 Å². The molecule has 2 aromatic carbocycles. The number of hydrogen-bond acceptors (Lipinski definition) is 3. The zero-order valence-electron chi connectivity index (χ0n) is 10.5. The summed E-state index contributed by atoms with van der Waals surface area (Å²) < 4.78 is 52.8. The van der Waals surface area contributed by atoms with Crippen LogP contribution < -0.4 is 10.5 Å². The molecule has 8 heteroatoms. The predicted molar refractivity (Wildman–Crippen MR) is 79.5 cm³/mol. The van der Waals surface area contributed by atoms with Gasteiger partial charge in [0.15, 0.2) is 0 Å². The van der Waals surface area contributed by atoms with E-state index in [4.69, 9.17) is 18.0 Å². The average Bonchev–Trinajstić information content (AvgIpc) is 2.41. The van der Waals surface area contributed by atoms with Gasteiger partial charge in [0.25, 0.3) is 10.0 Å². The highest BCUT2D eigenvalue weighted by Crippen LogP contribution is 2.20. The first-order valence-electron chi connectivity index (χ1n) is 5.67. The van der Waals surface area contributed by atoms with Gasteiger partial charge >= 0.3 is 0 Å². The molecule has 0 aliphatic rings. The van der Waals surface area contributed by atoms with Crippen LogP contribution in [0.4, 0.5) is 14.5 Å². The Morgan fingerprint density at radius 1 is 1.10 bits per heavy atom. The Morgan fingerprint density at radius 3 is 2.29 bits per heavy atom. The number of rotatable bonds is 4. The standard InChI is InChI=1S/C13H10F2N2O2S2/c14-9-3-6-11(15)12(7-9)21(18,19)17-10-4-1-8(2-5-10)13(16)20/h1-7,17H,(H2,16,20). The third-order valence-electron chi connectivity index (χ3n) is 2.60. The van der Waals surface area contributed by atoms with Crippen LogP contribution in [0, 0.1) is 11.6 Å². The molecule has 0 fully saturated rings. The van der Waals surface area contributed by atoms with Crippen molar-refractivity contribution >= 4 is 32.9 Å². The predicted octanol–water partition coefficient (Wildman–Crippen LogP) is 2.40. The zero-order valence-corrected chi connectivity index (χ0v) is 12.1. The number of anilines is 1. The van der Waals surface area contributed by atoms with Crippen molar-refractivity contribution in [2.45, 2.75) is 4.90 Å². The van der Waals surface area contributed by atoms with Crippen LogP contribution in [-0.4, -0.2) is 13.4 Å². The summed E-state index contributed by atoms with van der Waals surface area (Å²) in [4.78, 5) is -0.596. The minimum atomic E-state index is -4.23. The Labute approximate surface area is 125 Å². The molecular weight excluding hydrogens is 318 g/mol. The van der Waals surface area contributed by atoms with E-state index in [0.29, 0.717) is 11.6 Å². The molecule has 2 rings (SSSR count). The van der Waals surface area contributed by atoms with Gasteiger partial charge in [-0.15, -0.1) is 0 Å². The summed E-state index contributed by atoms with van der Waals surface area (Å²) in [7, 11) is -4.23. The number of sulfonamides is 1. The maximum Gasteiger partial charge on any atom is 0.264 e.